The summed E-state index contributed by atoms with van der Waals surface area (Å²) in [6.07, 6.45) is 0.280. The Morgan fingerprint density at radius 3 is 2.27 bits per heavy atom. The maximum absolute atomic E-state index is 12.4. The Balaban J connectivity index is 1.52. The van der Waals surface area contributed by atoms with Gasteiger partial charge in [0.1, 0.15) is 15.5 Å². The number of benzene rings is 2. The molecule has 7 nitrogen and oxygen atoms in total. The van der Waals surface area contributed by atoms with Gasteiger partial charge in [-0.1, -0.05) is 12.1 Å². The smallest absolute Gasteiger partial charge is 0.315 e. The molecule has 1 fully saturated rings. The highest BCUT2D eigenvalue weighted by Crippen LogP contribution is 2.64. The first-order valence-corrected chi connectivity index (χ1v) is 9.81. The lowest BCUT2D eigenvalue weighted by Crippen LogP contribution is -2.26. The topological polar surface area (TPSA) is 93.7 Å². The van der Waals surface area contributed by atoms with E-state index in [1.807, 2.05) is 0 Å². The Labute approximate surface area is 183 Å². The number of ether oxygens (including phenoxy) is 2. The van der Waals surface area contributed by atoms with E-state index in [2.05, 4.69) is 10.6 Å². The van der Waals surface area contributed by atoms with E-state index in [0.717, 1.165) is 0 Å². The number of hydrogen-bond acceptors (Lipinski definition) is 5. The average molecular weight is 451 g/mol. The molecule has 2 N–H and O–H groups in total. The number of para-hydroxylation sites is 2. The Kier molecular flexibility index (Phi) is 6.24. The number of nitrogens with one attached hydrogen (secondary N) is 2. The van der Waals surface area contributed by atoms with Crippen LogP contribution < -0.4 is 15.4 Å². The van der Waals surface area contributed by atoms with Crippen molar-refractivity contribution < 1.29 is 23.9 Å². The van der Waals surface area contributed by atoms with Crippen LogP contribution in [-0.2, 0) is 14.3 Å². The number of halogens is 2. The van der Waals surface area contributed by atoms with Crippen molar-refractivity contribution in [3.63, 3.8) is 0 Å². The fourth-order valence-corrected chi connectivity index (χ4v) is 3.44. The van der Waals surface area contributed by atoms with Crippen LogP contribution in [0.5, 0.6) is 5.75 Å². The summed E-state index contributed by atoms with van der Waals surface area (Å²) in [5.74, 6) is -0.917. The molecule has 1 atom stereocenters. The SMILES string of the molecule is COc1ccccc1NC(=O)c1ccc(NC(=O)COC(=O)[C@@]2(C)CC2(Cl)Cl)cc1. The molecule has 0 heterocycles. The lowest BCUT2D eigenvalue weighted by molar-refractivity contribution is -0.152. The van der Waals surface area contributed by atoms with Gasteiger partial charge in [0.2, 0.25) is 0 Å². The minimum absolute atomic E-state index is 0.280. The zero-order valence-electron chi connectivity index (χ0n) is 16.3. The third-order valence-electron chi connectivity index (χ3n) is 4.83. The van der Waals surface area contributed by atoms with E-state index in [9.17, 15) is 14.4 Å². The number of carbonyl (C=O) groups is 3. The molecular formula is C21H20Cl2N2O5. The van der Waals surface area contributed by atoms with Gasteiger partial charge in [-0.05, 0) is 43.3 Å². The van der Waals surface area contributed by atoms with Gasteiger partial charge >= 0.3 is 5.97 Å². The van der Waals surface area contributed by atoms with Crippen LogP contribution in [0.3, 0.4) is 0 Å². The summed E-state index contributed by atoms with van der Waals surface area (Å²) in [7, 11) is 1.52. The van der Waals surface area contributed by atoms with E-state index in [4.69, 9.17) is 32.7 Å². The summed E-state index contributed by atoms with van der Waals surface area (Å²) in [6, 6.07) is 13.3. The van der Waals surface area contributed by atoms with Gasteiger partial charge in [-0.3, -0.25) is 14.4 Å². The largest absolute Gasteiger partial charge is 0.495 e. The summed E-state index contributed by atoms with van der Waals surface area (Å²) in [4.78, 5) is 36.4. The molecule has 0 radical (unpaired) electrons. The summed E-state index contributed by atoms with van der Waals surface area (Å²) >= 11 is 11.8. The van der Waals surface area contributed by atoms with Crippen LogP contribution >= 0.6 is 23.2 Å². The number of rotatable bonds is 7. The number of anilines is 2. The van der Waals surface area contributed by atoms with Crippen LogP contribution in [0, 0.1) is 5.41 Å². The molecule has 3 rings (SSSR count). The van der Waals surface area contributed by atoms with Gasteiger partial charge < -0.3 is 20.1 Å². The molecule has 0 aromatic heterocycles. The summed E-state index contributed by atoms with van der Waals surface area (Å²) < 4.78 is 9.05. The van der Waals surface area contributed by atoms with Crippen LogP contribution in [0.4, 0.5) is 11.4 Å². The number of alkyl halides is 2. The van der Waals surface area contributed by atoms with Gasteiger partial charge in [0.05, 0.1) is 12.8 Å². The molecule has 2 aromatic rings. The fraction of sp³-hybridized carbons (Fsp3) is 0.286. The molecule has 0 bridgehead atoms. The van der Waals surface area contributed by atoms with Crippen LogP contribution in [0.25, 0.3) is 0 Å². The van der Waals surface area contributed by atoms with Crippen LogP contribution in [0.1, 0.15) is 23.7 Å². The van der Waals surface area contributed by atoms with Crippen molar-refractivity contribution >= 4 is 52.4 Å². The quantitative estimate of drug-likeness (QED) is 0.490. The third kappa shape index (κ3) is 4.68. The van der Waals surface area contributed by atoms with E-state index in [1.54, 1.807) is 55.5 Å². The molecule has 2 aromatic carbocycles. The summed E-state index contributed by atoms with van der Waals surface area (Å²) in [6.45, 7) is 1.12. The van der Waals surface area contributed by atoms with Gasteiger partial charge in [0.15, 0.2) is 6.61 Å². The zero-order chi connectivity index (χ0) is 21.9. The van der Waals surface area contributed by atoms with E-state index in [1.165, 1.54) is 7.11 Å². The molecule has 0 saturated heterocycles. The van der Waals surface area contributed by atoms with Crippen molar-refractivity contribution in [1.82, 2.24) is 0 Å². The van der Waals surface area contributed by atoms with Crippen LogP contribution in [0.15, 0.2) is 48.5 Å². The minimum Gasteiger partial charge on any atom is -0.495 e. The van der Waals surface area contributed by atoms with E-state index < -0.39 is 28.2 Å². The molecular weight excluding hydrogens is 431 g/mol. The average Bonchev–Trinajstić information content (AvgIpc) is 3.25. The molecule has 1 saturated carbocycles. The number of esters is 1. The number of amides is 2. The normalized spacial score (nSPS) is 18.8. The van der Waals surface area contributed by atoms with Crippen molar-refractivity contribution in [2.45, 2.75) is 17.7 Å². The van der Waals surface area contributed by atoms with Crippen molar-refractivity contribution in [1.29, 1.82) is 0 Å². The monoisotopic (exact) mass is 450 g/mol. The van der Waals surface area contributed by atoms with Crippen LogP contribution in [0.2, 0.25) is 0 Å². The second-order valence-corrected chi connectivity index (χ2v) is 8.55. The van der Waals surface area contributed by atoms with Crippen molar-refractivity contribution in [3.05, 3.63) is 54.1 Å². The third-order valence-corrected chi connectivity index (χ3v) is 5.93. The number of hydrogen-bond donors (Lipinski definition) is 2. The minimum atomic E-state index is -1.15. The second-order valence-electron chi connectivity index (χ2n) is 7.07. The van der Waals surface area contributed by atoms with Gasteiger partial charge in [0, 0.05) is 17.7 Å². The molecule has 1 aliphatic carbocycles. The predicted molar refractivity (Wildman–Crippen MR) is 114 cm³/mol. The first kappa shape index (κ1) is 21.9. The Bertz CT molecular complexity index is 978. The lowest BCUT2D eigenvalue weighted by atomic mass is 10.1. The standard InChI is InChI=1S/C21H20Cl2N2O5/c1-20(12-21(20,22)23)19(28)30-11-17(26)24-14-9-7-13(8-10-14)18(27)25-15-5-3-4-6-16(15)29-2/h3-10H,11-12H2,1-2H3,(H,24,26)(H,25,27)/t20-/m1/s1. The second kappa shape index (κ2) is 8.53. The fourth-order valence-electron chi connectivity index (χ4n) is 2.76. The molecule has 30 heavy (non-hydrogen) atoms. The molecule has 158 valence electrons. The maximum atomic E-state index is 12.4. The highest BCUT2D eigenvalue weighted by molar-refractivity contribution is 6.53. The van der Waals surface area contributed by atoms with E-state index in [0.29, 0.717) is 22.7 Å². The Morgan fingerprint density at radius 1 is 1.03 bits per heavy atom. The highest BCUT2D eigenvalue weighted by Gasteiger charge is 2.69. The van der Waals surface area contributed by atoms with Crippen molar-refractivity contribution in [2.75, 3.05) is 24.4 Å². The Hall–Kier alpha value is -2.77. The van der Waals surface area contributed by atoms with Crippen molar-refractivity contribution in [3.8, 4) is 5.75 Å². The first-order valence-electron chi connectivity index (χ1n) is 9.05. The van der Waals surface area contributed by atoms with Gasteiger partial charge in [-0.15, -0.1) is 23.2 Å². The Morgan fingerprint density at radius 2 is 1.67 bits per heavy atom. The molecule has 1 aliphatic rings. The molecule has 9 heteroatoms. The van der Waals surface area contributed by atoms with Crippen LogP contribution in [-0.4, -0.2) is 35.8 Å². The maximum Gasteiger partial charge on any atom is 0.315 e. The summed E-state index contributed by atoms with van der Waals surface area (Å²) in [5, 5.41) is 5.36. The number of carbonyl (C=O) groups excluding carboxylic acids is 3. The van der Waals surface area contributed by atoms with E-state index >= 15 is 0 Å². The molecule has 0 aliphatic heterocycles. The molecule has 0 spiro atoms. The predicted octanol–water partition coefficient (Wildman–Crippen LogP) is 4.01. The highest BCUT2D eigenvalue weighted by atomic mass is 35.5. The zero-order valence-corrected chi connectivity index (χ0v) is 17.8. The first-order chi connectivity index (χ1) is 14.2. The molecule has 0 unspecified atom stereocenters. The van der Waals surface area contributed by atoms with Gasteiger partial charge in [-0.2, -0.15) is 0 Å². The van der Waals surface area contributed by atoms with Gasteiger partial charge in [0.25, 0.3) is 11.8 Å². The van der Waals surface area contributed by atoms with Crippen molar-refractivity contribution in [2.24, 2.45) is 5.41 Å². The number of methoxy groups -OCH3 is 1. The van der Waals surface area contributed by atoms with E-state index in [-0.39, 0.29) is 12.3 Å². The lowest BCUT2D eigenvalue weighted by Gasteiger charge is -2.12. The molecule has 2 amide bonds. The summed E-state index contributed by atoms with van der Waals surface area (Å²) in [5.41, 5.74) is 0.401. The van der Waals surface area contributed by atoms with Gasteiger partial charge in [-0.25, -0.2) is 0 Å².